The van der Waals surface area contributed by atoms with Gasteiger partial charge in [-0.15, -0.1) is 0 Å². The van der Waals surface area contributed by atoms with Crippen LogP contribution in [0.2, 0.25) is 0 Å². The fourth-order valence-electron chi connectivity index (χ4n) is 1.39. The minimum absolute atomic E-state index is 0.227. The standard InChI is InChI=1S/C11H17NO/c1-3-5-9-7-10(12-8-9)11(13)6-4-2/h7-8,12H,3-6H2,1-2H3. The van der Waals surface area contributed by atoms with Gasteiger partial charge in [0.15, 0.2) is 5.78 Å². The van der Waals surface area contributed by atoms with Crippen LogP contribution < -0.4 is 0 Å². The number of Topliss-reactive ketones (excluding diaryl/α,β-unsaturated/α-hetero) is 1. The van der Waals surface area contributed by atoms with Crippen molar-refractivity contribution in [1.82, 2.24) is 4.98 Å². The highest BCUT2D eigenvalue weighted by Gasteiger charge is 2.06. The Hall–Kier alpha value is -1.05. The van der Waals surface area contributed by atoms with Gasteiger partial charge in [-0.3, -0.25) is 4.79 Å². The molecule has 72 valence electrons. The fraction of sp³-hybridized carbons (Fsp3) is 0.545. The van der Waals surface area contributed by atoms with E-state index < -0.39 is 0 Å². The van der Waals surface area contributed by atoms with E-state index in [0.29, 0.717) is 6.42 Å². The molecule has 1 aromatic heterocycles. The molecule has 0 radical (unpaired) electrons. The van der Waals surface area contributed by atoms with Crippen LogP contribution in [0, 0.1) is 0 Å². The number of hydrogen-bond acceptors (Lipinski definition) is 1. The van der Waals surface area contributed by atoms with Crippen LogP contribution >= 0.6 is 0 Å². The van der Waals surface area contributed by atoms with Gasteiger partial charge in [0.05, 0.1) is 5.69 Å². The van der Waals surface area contributed by atoms with Gasteiger partial charge in [-0.1, -0.05) is 20.3 Å². The normalized spacial score (nSPS) is 10.3. The van der Waals surface area contributed by atoms with Crippen molar-refractivity contribution >= 4 is 5.78 Å². The molecule has 0 amide bonds. The Bertz CT molecular complexity index is 275. The zero-order chi connectivity index (χ0) is 9.68. The van der Waals surface area contributed by atoms with E-state index in [2.05, 4.69) is 11.9 Å². The summed E-state index contributed by atoms with van der Waals surface area (Å²) < 4.78 is 0. The van der Waals surface area contributed by atoms with Crippen molar-refractivity contribution < 1.29 is 4.79 Å². The molecule has 0 aliphatic heterocycles. The van der Waals surface area contributed by atoms with Gasteiger partial charge in [0, 0.05) is 12.6 Å². The molecular formula is C11H17NO. The number of carbonyl (C=O) groups is 1. The van der Waals surface area contributed by atoms with Crippen LogP contribution in [0.4, 0.5) is 0 Å². The highest BCUT2D eigenvalue weighted by Crippen LogP contribution is 2.08. The van der Waals surface area contributed by atoms with Crippen molar-refractivity contribution in [2.24, 2.45) is 0 Å². The van der Waals surface area contributed by atoms with Crippen LogP contribution in [0.3, 0.4) is 0 Å². The Kier molecular flexibility index (Phi) is 3.74. The Morgan fingerprint density at radius 2 is 2.15 bits per heavy atom. The second kappa shape index (κ2) is 4.85. The molecule has 0 bridgehead atoms. The molecule has 0 aliphatic rings. The second-order valence-electron chi connectivity index (χ2n) is 3.34. The quantitative estimate of drug-likeness (QED) is 0.692. The summed E-state index contributed by atoms with van der Waals surface area (Å²) in [6.45, 7) is 4.16. The van der Waals surface area contributed by atoms with Gasteiger partial charge in [-0.25, -0.2) is 0 Å². The lowest BCUT2D eigenvalue weighted by atomic mass is 10.1. The third-order valence-corrected chi connectivity index (χ3v) is 2.06. The summed E-state index contributed by atoms with van der Waals surface area (Å²) in [6, 6.07) is 1.97. The van der Waals surface area contributed by atoms with Crippen LogP contribution in [-0.2, 0) is 6.42 Å². The first kappa shape index (κ1) is 10.0. The lowest BCUT2D eigenvalue weighted by Crippen LogP contribution is -1.97. The van der Waals surface area contributed by atoms with Crippen LogP contribution in [0.5, 0.6) is 0 Å². The van der Waals surface area contributed by atoms with Gasteiger partial charge in [0.2, 0.25) is 0 Å². The number of hydrogen-bond donors (Lipinski definition) is 1. The van der Waals surface area contributed by atoms with Gasteiger partial charge >= 0.3 is 0 Å². The van der Waals surface area contributed by atoms with Crippen LogP contribution in [0.1, 0.15) is 49.2 Å². The second-order valence-corrected chi connectivity index (χ2v) is 3.34. The first-order chi connectivity index (χ1) is 6.27. The van der Waals surface area contributed by atoms with E-state index in [1.54, 1.807) is 0 Å². The molecule has 13 heavy (non-hydrogen) atoms. The third kappa shape index (κ3) is 2.72. The van der Waals surface area contributed by atoms with E-state index >= 15 is 0 Å². The number of nitrogens with one attached hydrogen (secondary N) is 1. The van der Waals surface area contributed by atoms with Gasteiger partial charge < -0.3 is 4.98 Å². The predicted octanol–water partition coefficient (Wildman–Crippen LogP) is 2.95. The number of aromatic amines is 1. The van der Waals surface area contributed by atoms with Crippen molar-refractivity contribution in [3.8, 4) is 0 Å². The first-order valence-electron chi connectivity index (χ1n) is 4.98. The maximum atomic E-state index is 11.4. The van der Waals surface area contributed by atoms with Crippen molar-refractivity contribution in [1.29, 1.82) is 0 Å². The topological polar surface area (TPSA) is 32.9 Å². The number of aryl methyl sites for hydroxylation is 1. The molecule has 0 aromatic carbocycles. The summed E-state index contributed by atoms with van der Waals surface area (Å²) in [6.07, 6.45) is 5.68. The summed E-state index contributed by atoms with van der Waals surface area (Å²) in [5.41, 5.74) is 2.01. The lowest BCUT2D eigenvalue weighted by Gasteiger charge is -1.92. The molecule has 1 aromatic rings. The minimum Gasteiger partial charge on any atom is -0.359 e. The summed E-state index contributed by atoms with van der Waals surface area (Å²) in [5.74, 6) is 0.227. The Morgan fingerprint density at radius 1 is 1.38 bits per heavy atom. The molecule has 0 atom stereocenters. The van der Waals surface area contributed by atoms with E-state index in [-0.39, 0.29) is 5.78 Å². The Balaban J connectivity index is 2.62. The molecule has 2 heteroatoms. The number of H-pyrrole nitrogens is 1. The monoisotopic (exact) mass is 179 g/mol. The van der Waals surface area contributed by atoms with E-state index in [0.717, 1.165) is 25.0 Å². The highest BCUT2D eigenvalue weighted by atomic mass is 16.1. The number of ketones is 1. The van der Waals surface area contributed by atoms with Gasteiger partial charge in [-0.05, 0) is 24.5 Å². The maximum Gasteiger partial charge on any atom is 0.178 e. The highest BCUT2D eigenvalue weighted by molar-refractivity contribution is 5.94. The molecule has 1 rings (SSSR count). The molecule has 0 fully saturated rings. The van der Waals surface area contributed by atoms with Crippen LogP contribution in [0.15, 0.2) is 12.3 Å². The number of aromatic nitrogens is 1. The molecule has 0 saturated heterocycles. The van der Waals surface area contributed by atoms with E-state index in [1.165, 1.54) is 5.56 Å². The zero-order valence-electron chi connectivity index (χ0n) is 8.39. The van der Waals surface area contributed by atoms with Crippen molar-refractivity contribution in [2.75, 3.05) is 0 Å². The van der Waals surface area contributed by atoms with Gasteiger partial charge in [-0.2, -0.15) is 0 Å². The Morgan fingerprint density at radius 3 is 2.77 bits per heavy atom. The zero-order valence-corrected chi connectivity index (χ0v) is 8.39. The average molecular weight is 179 g/mol. The van der Waals surface area contributed by atoms with Crippen LogP contribution in [-0.4, -0.2) is 10.8 Å². The first-order valence-corrected chi connectivity index (χ1v) is 4.98. The average Bonchev–Trinajstić information content (AvgIpc) is 2.54. The Labute approximate surface area is 79.4 Å². The van der Waals surface area contributed by atoms with Crippen LogP contribution in [0.25, 0.3) is 0 Å². The van der Waals surface area contributed by atoms with Gasteiger partial charge in [0.1, 0.15) is 0 Å². The summed E-state index contributed by atoms with van der Waals surface area (Å²) in [4.78, 5) is 14.5. The molecule has 0 aliphatic carbocycles. The molecule has 0 unspecified atom stereocenters. The van der Waals surface area contributed by atoms with Crippen molar-refractivity contribution in [3.05, 3.63) is 23.5 Å². The molecule has 1 N–H and O–H groups in total. The molecular weight excluding hydrogens is 162 g/mol. The summed E-state index contributed by atoms with van der Waals surface area (Å²) in [5, 5.41) is 0. The largest absolute Gasteiger partial charge is 0.359 e. The number of carbonyl (C=O) groups excluding carboxylic acids is 1. The molecule has 0 saturated carbocycles. The van der Waals surface area contributed by atoms with E-state index in [1.807, 2.05) is 19.2 Å². The molecule has 2 nitrogen and oxygen atoms in total. The fourth-order valence-corrected chi connectivity index (χ4v) is 1.39. The summed E-state index contributed by atoms with van der Waals surface area (Å²) in [7, 11) is 0. The molecule has 1 heterocycles. The predicted molar refractivity (Wildman–Crippen MR) is 54.0 cm³/mol. The maximum absolute atomic E-state index is 11.4. The smallest absolute Gasteiger partial charge is 0.178 e. The molecule has 0 spiro atoms. The SMILES string of the molecule is CCCC(=O)c1cc(CCC)c[nH]1. The van der Waals surface area contributed by atoms with E-state index in [4.69, 9.17) is 0 Å². The van der Waals surface area contributed by atoms with Crippen molar-refractivity contribution in [2.45, 2.75) is 39.5 Å². The van der Waals surface area contributed by atoms with Crippen molar-refractivity contribution in [3.63, 3.8) is 0 Å². The third-order valence-electron chi connectivity index (χ3n) is 2.06. The minimum atomic E-state index is 0.227. The van der Waals surface area contributed by atoms with E-state index in [9.17, 15) is 4.79 Å². The summed E-state index contributed by atoms with van der Waals surface area (Å²) >= 11 is 0. The number of rotatable bonds is 5. The van der Waals surface area contributed by atoms with Gasteiger partial charge in [0.25, 0.3) is 0 Å². The lowest BCUT2D eigenvalue weighted by molar-refractivity contribution is 0.0977.